The van der Waals surface area contributed by atoms with Crippen LogP contribution >= 0.6 is 23.4 Å². The normalized spacial score (nSPS) is 12.0. The maximum atomic E-state index is 13.4. The summed E-state index contributed by atoms with van der Waals surface area (Å²) in [6.07, 6.45) is -4.72. The van der Waals surface area contributed by atoms with Crippen molar-refractivity contribution in [2.45, 2.75) is 17.9 Å². The molecule has 4 nitrogen and oxygen atoms in total. The van der Waals surface area contributed by atoms with Gasteiger partial charge in [-0.15, -0.1) is 0 Å². The Balaban J connectivity index is 1.80. The molecular weight excluding hydrogens is 425 g/mol. The summed E-state index contributed by atoms with van der Waals surface area (Å²) in [5.74, 6) is -1.27. The molecule has 0 aliphatic heterocycles. The van der Waals surface area contributed by atoms with E-state index in [1.165, 1.54) is 18.2 Å². The first kappa shape index (κ1) is 20.4. The van der Waals surface area contributed by atoms with E-state index < -0.39 is 35.6 Å². The summed E-state index contributed by atoms with van der Waals surface area (Å²) in [4.78, 5) is 16.2. The summed E-state index contributed by atoms with van der Waals surface area (Å²) in [5, 5.41) is 1.69. The maximum absolute atomic E-state index is 13.4. The Morgan fingerprint density at radius 1 is 1.18 bits per heavy atom. The Kier molecular flexibility index (Phi) is 5.80. The van der Waals surface area contributed by atoms with Crippen LogP contribution in [-0.2, 0) is 11.0 Å². The number of nitrogens with zero attached hydrogens (tertiary/aromatic N) is 2. The van der Waals surface area contributed by atoms with Gasteiger partial charge in [-0.2, -0.15) is 22.0 Å². The third-order valence-corrected chi connectivity index (χ3v) is 4.94. The molecule has 0 atom stereocenters. The number of benzene rings is 2. The highest BCUT2D eigenvalue weighted by Crippen LogP contribution is 2.38. The van der Waals surface area contributed by atoms with Crippen LogP contribution in [0.2, 0.25) is 5.02 Å². The summed E-state index contributed by atoms with van der Waals surface area (Å²) < 4.78 is 66.6. The fraction of sp³-hybridized carbons (Fsp3) is 0.176. The van der Waals surface area contributed by atoms with Crippen molar-refractivity contribution in [3.63, 3.8) is 0 Å². The lowest BCUT2D eigenvalue weighted by atomic mass is 10.1. The molecule has 11 heteroatoms. The van der Waals surface area contributed by atoms with Gasteiger partial charge in [-0.1, -0.05) is 41.6 Å². The first-order valence-electron chi connectivity index (χ1n) is 7.72. The van der Waals surface area contributed by atoms with Crippen molar-refractivity contribution in [1.29, 1.82) is 0 Å². The minimum absolute atomic E-state index is 0.124. The van der Waals surface area contributed by atoms with E-state index in [0.29, 0.717) is 21.8 Å². The zero-order valence-corrected chi connectivity index (χ0v) is 15.4. The number of amides is 1. The van der Waals surface area contributed by atoms with Gasteiger partial charge in [-0.05, 0) is 24.3 Å². The van der Waals surface area contributed by atoms with Crippen LogP contribution in [0.3, 0.4) is 0 Å². The molecule has 1 aromatic heterocycles. The Labute approximate surface area is 164 Å². The number of carbonyl (C=O) groups is 1. The predicted molar refractivity (Wildman–Crippen MR) is 96.8 cm³/mol. The molecule has 0 fully saturated rings. The van der Waals surface area contributed by atoms with Crippen molar-refractivity contribution in [2.24, 2.45) is 0 Å². The smallest absolute Gasteiger partial charge is 0.324 e. The number of hydrogen-bond donors (Lipinski definition) is 1. The number of alkyl halides is 5. The molecule has 28 heavy (non-hydrogen) atoms. The molecule has 2 aromatic carbocycles. The highest BCUT2D eigenvalue weighted by molar-refractivity contribution is 7.99. The van der Waals surface area contributed by atoms with E-state index in [0.717, 1.165) is 12.1 Å². The van der Waals surface area contributed by atoms with Crippen LogP contribution in [0.5, 0.6) is 0 Å². The quantitative estimate of drug-likeness (QED) is 0.405. The fourth-order valence-corrected chi connectivity index (χ4v) is 3.54. The number of carbonyl (C=O) groups excluding carboxylic acids is 1. The fourth-order valence-electron chi connectivity index (χ4n) is 2.51. The molecule has 0 unspecified atom stereocenters. The summed E-state index contributed by atoms with van der Waals surface area (Å²) in [6.45, 7) is -2.89. The van der Waals surface area contributed by atoms with Crippen LogP contribution in [-0.4, -0.2) is 21.2 Å². The molecule has 3 rings (SSSR count). The van der Waals surface area contributed by atoms with Crippen LogP contribution in [0, 0.1) is 0 Å². The van der Waals surface area contributed by atoms with Gasteiger partial charge < -0.3 is 5.32 Å². The molecule has 0 saturated carbocycles. The first-order chi connectivity index (χ1) is 13.2. The van der Waals surface area contributed by atoms with E-state index >= 15 is 0 Å². The molecule has 0 aliphatic rings. The number of thioether (sulfide) groups is 1. The second kappa shape index (κ2) is 7.96. The van der Waals surface area contributed by atoms with Crippen LogP contribution in [0.25, 0.3) is 11.0 Å². The van der Waals surface area contributed by atoms with Gasteiger partial charge >= 0.3 is 12.7 Å². The highest BCUT2D eigenvalue weighted by Gasteiger charge is 2.34. The largest absolute Gasteiger partial charge is 0.418 e. The standard InChI is InChI=1S/C17H11ClF5N3OS/c18-10-5-3-4-9(17(21,22)23)14(10)25-13(27)8-28-16-24-11-6-1-2-7-12(11)26(16)15(19)20/h1-7,15H,8H2,(H,25,27). The predicted octanol–water partition coefficient (Wildman–Crippen LogP) is 5.83. The molecule has 0 spiro atoms. The summed E-state index contributed by atoms with van der Waals surface area (Å²) >= 11 is 6.46. The minimum Gasteiger partial charge on any atom is -0.324 e. The molecule has 1 N–H and O–H groups in total. The molecule has 148 valence electrons. The van der Waals surface area contributed by atoms with Gasteiger partial charge in [0, 0.05) is 0 Å². The summed E-state index contributed by atoms with van der Waals surface area (Å²) in [5.41, 5.74) is -1.18. The Morgan fingerprint density at radius 2 is 1.89 bits per heavy atom. The van der Waals surface area contributed by atoms with Gasteiger partial charge in [-0.25, -0.2) is 4.98 Å². The molecule has 1 heterocycles. The number of imidazole rings is 1. The number of halogens is 6. The lowest BCUT2D eigenvalue weighted by Crippen LogP contribution is -2.19. The topological polar surface area (TPSA) is 46.9 Å². The number of fused-ring (bicyclic) bond motifs is 1. The molecule has 1 amide bonds. The molecule has 0 radical (unpaired) electrons. The molecule has 0 aliphatic carbocycles. The Hall–Kier alpha value is -2.33. The first-order valence-corrected chi connectivity index (χ1v) is 9.08. The van der Waals surface area contributed by atoms with Crippen LogP contribution in [0.4, 0.5) is 27.6 Å². The maximum Gasteiger partial charge on any atom is 0.418 e. The van der Waals surface area contributed by atoms with Gasteiger partial charge in [-0.3, -0.25) is 9.36 Å². The monoisotopic (exact) mass is 435 g/mol. The number of hydrogen-bond acceptors (Lipinski definition) is 3. The number of rotatable bonds is 5. The molecule has 3 aromatic rings. The lowest BCUT2D eigenvalue weighted by molar-refractivity contribution is -0.137. The molecule has 0 saturated heterocycles. The third kappa shape index (κ3) is 4.22. The van der Waals surface area contributed by atoms with Crippen LogP contribution < -0.4 is 5.32 Å². The SMILES string of the molecule is O=C(CSc1nc2ccccc2n1C(F)F)Nc1c(Cl)cccc1C(F)(F)F. The van der Waals surface area contributed by atoms with Crippen molar-refractivity contribution in [1.82, 2.24) is 9.55 Å². The zero-order chi connectivity index (χ0) is 20.5. The van der Waals surface area contributed by atoms with E-state index in [9.17, 15) is 26.7 Å². The number of nitrogens with one attached hydrogen (secondary N) is 1. The molecule has 0 bridgehead atoms. The van der Waals surface area contributed by atoms with E-state index in [1.807, 2.05) is 0 Å². The second-order valence-corrected chi connectivity index (χ2v) is 6.88. The highest BCUT2D eigenvalue weighted by atomic mass is 35.5. The van der Waals surface area contributed by atoms with Crippen molar-refractivity contribution in [3.8, 4) is 0 Å². The van der Waals surface area contributed by atoms with Crippen molar-refractivity contribution in [2.75, 3.05) is 11.1 Å². The van der Waals surface area contributed by atoms with Crippen LogP contribution in [0.1, 0.15) is 12.1 Å². The van der Waals surface area contributed by atoms with E-state index in [1.54, 1.807) is 12.1 Å². The van der Waals surface area contributed by atoms with Crippen LogP contribution in [0.15, 0.2) is 47.6 Å². The van der Waals surface area contributed by atoms with Gasteiger partial charge in [0.05, 0.1) is 33.1 Å². The molecular formula is C17H11ClF5N3OS. The Morgan fingerprint density at radius 3 is 2.57 bits per heavy atom. The summed E-state index contributed by atoms with van der Waals surface area (Å²) in [7, 11) is 0. The number of para-hydroxylation sites is 3. The van der Waals surface area contributed by atoms with Crippen molar-refractivity contribution in [3.05, 3.63) is 53.1 Å². The number of aromatic nitrogens is 2. The van der Waals surface area contributed by atoms with Gasteiger partial charge in [0.15, 0.2) is 5.16 Å². The van der Waals surface area contributed by atoms with Crippen molar-refractivity contribution < 1.29 is 26.7 Å². The van der Waals surface area contributed by atoms with Gasteiger partial charge in [0.2, 0.25) is 5.91 Å². The number of anilines is 1. The van der Waals surface area contributed by atoms with E-state index in [4.69, 9.17) is 11.6 Å². The van der Waals surface area contributed by atoms with Gasteiger partial charge in [0.1, 0.15) is 0 Å². The Bertz CT molecular complexity index is 1020. The average Bonchev–Trinajstić information content (AvgIpc) is 2.99. The van der Waals surface area contributed by atoms with E-state index in [-0.39, 0.29) is 15.7 Å². The summed E-state index contributed by atoms with van der Waals surface area (Å²) in [6, 6.07) is 9.29. The van der Waals surface area contributed by atoms with Gasteiger partial charge in [0.25, 0.3) is 0 Å². The van der Waals surface area contributed by atoms with Crippen molar-refractivity contribution >= 4 is 46.0 Å². The average molecular weight is 436 g/mol. The second-order valence-electron chi connectivity index (χ2n) is 5.53. The minimum atomic E-state index is -4.72. The zero-order valence-electron chi connectivity index (χ0n) is 13.8. The lowest BCUT2D eigenvalue weighted by Gasteiger charge is -2.15. The third-order valence-electron chi connectivity index (χ3n) is 3.67. The van der Waals surface area contributed by atoms with E-state index in [2.05, 4.69) is 10.3 Å².